The van der Waals surface area contributed by atoms with Gasteiger partial charge in [0.25, 0.3) is 0 Å². The Morgan fingerprint density at radius 2 is 0.619 bits per heavy atom. The van der Waals surface area contributed by atoms with Crippen molar-refractivity contribution in [3.63, 3.8) is 0 Å². The van der Waals surface area contributed by atoms with Gasteiger partial charge < -0.3 is 42.4 Å². The molecule has 0 rings (SSSR count). The van der Waals surface area contributed by atoms with Crippen LogP contribution in [0.2, 0.25) is 0 Å². The Hall–Kier alpha value is 0.550. The SMILES string of the molecule is CCCCCCCCCCCCOCCOCCOCCOCCOCCOCCOCCOCCOS(=O)(=O)[O-].[Na+]. The van der Waals surface area contributed by atoms with Gasteiger partial charge in [0.15, 0.2) is 0 Å². The second-order valence-corrected chi connectivity index (χ2v) is 10.4. The van der Waals surface area contributed by atoms with Crippen molar-refractivity contribution >= 4 is 10.4 Å². The first-order valence-corrected chi connectivity index (χ1v) is 16.6. The molecule has 0 heterocycles. The van der Waals surface area contributed by atoms with Gasteiger partial charge in [-0.2, -0.15) is 0 Å². The summed E-state index contributed by atoms with van der Waals surface area (Å²) in [6, 6.07) is 0. The van der Waals surface area contributed by atoms with E-state index in [4.69, 9.17) is 37.9 Å². The second kappa shape index (κ2) is 37.7. The van der Waals surface area contributed by atoms with Gasteiger partial charge in [-0.1, -0.05) is 64.7 Å². The van der Waals surface area contributed by atoms with E-state index < -0.39 is 10.4 Å². The van der Waals surface area contributed by atoms with E-state index in [0.717, 1.165) is 13.0 Å². The predicted octanol–water partition coefficient (Wildman–Crippen LogP) is 0.521. The van der Waals surface area contributed by atoms with Crippen LogP contribution < -0.4 is 29.6 Å². The van der Waals surface area contributed by atoms with E-state index in [1.165, 1.54) is 57.8 Å². The minimum absolute atomic E-state index is 0. The van der Waals surface area contributed by atoms with Crippen LogP contribution in [0.1, 0.15) is 71.1 Å². The quantitative estimate of drug-likeness (QED) is 0.0408. The van der Waals surface area contributed by atoms with Gasteiger partial charge in [-0.05, 0) is 6.42 Å². The molecule has 0 aromatic heterocycles. The molecule has 0 N–H and O–H groups in total. The molecule has 0 aromatic carbocycles. The first-order chi connectivity index (χ1) is 20.1. The zero-order chi connectivity index (χ0) is 30.0. The van der Waals surface area contributed by atoms with E-state index in [1.807, 2.05) is 0 Å². The predicted molar refractivity (Wildman–Crippen MR) is 154 cm³/mol. The maximum Gasteiger partial charge on any atom is 1.00 e. The standard InChI is InChI=1S/C28H58O12S.Na/c1-2-3-4-5-6-7-8-9-10-11-12-32-13-14-33-15-16-34-17-18-35-19-20-36-21-22-37-23-24-38-25-26-39-27-28-40-41(29,30)31;/h2-28H2,1H3,(H,29,30,31);/q;+1/p-1. The molecule has 0 unspecified atom stereocenters. The molecule has 0 aliphatic rings. The maximum atomic E-state index is 10.2. The molecule has 248 valence electrons. The number of unbranched alkanes of at least 4 members (excludes halogenated alkanes) is 9. The van der Waals surface area contributed by atoms with Gasteiger partial charge in [-0.25, -0.2) is 8.42 Å². The molecule has 0 saturated carbocycles. The average Bonchev–Trinajstić information content (AvgIpc) is 2.94. The first-order valence-electron chi connectivity index (χ1n) is 15.3. The Balaban J connectivity index is 0. The van der Waals surface area contributed by atoms with Crippen molar-refractivity contribution in [1.82, 2.24) is 0 Å². The summed E-state index contributed by atoms with van der Waals surface area (Å²) in [5.74, 6) is 0. The van der Waals surface area contributed by atoms with Crippen molar-refractivity contribution in [2.45, 2.75) is 71.1 Å². The Kier molecular flexibility index (Phi) is 40.1. The zero-order valence-electron chi connectivity index (χ0n) is 26.4. The van der Waals surface area contributed by atoms with Crippen LogP contribution in [0.4, 0.5) is 0 Å². The summed E-state index contributed by atoms with van der Waals surface area (Å²) in [5.41, 5.74) is 0. The fraction of sp³-hybridized carbons (Fsp3) is 1.00. The molecule has 0 saturated heterocycles. The van der Waals surface area contributed by atoms with Gasteiger partial charge in [-0.3, -0.25) is 4.18 Å². The molecule has 0 amide bonds. The fourth-order valence-corrected chi connectivity index (χ4v) is 3.80. The molecule has 0 radical (unpaired) electrons. The summed E-state index contributed by atoms with van der Waals surface area (Å²) in [6.07, 6.45) is 13.3. The Bertz CT molecular complexity index is 601. The van der Waals surface area contributed by atoms with Crippen molar-refractivity contribution < 1.29 is 84.6 Å². The Morgan fingerprint density at radius 1 is 0.381 bits per heavy atom. The average molecular weight is 641 g/mol. The van der Waals surface area contributed by atoms with Crippen molar-refractivity contribution in [2.24, 2.45) is 0 Å². The molecule has 14 heteroatoms. The third-order valence-corrected chi connectivity index (χ3v) is 6.16. The molecule has 0 spiro atoms. The molecule has 0 aromatic rings. The van der Waals surface area contributed by atoms with Crippen LogP contribution in [0.5, 0.6) is 0 Å². The first kappa shape index (κ1) is 44.7. The van der Waals surface area contributed by atoms with E-state index in [1.54, 1.807) is 0 Å². The van der Waals surface area contributed by atoms with Gasteiger partial charge in [0.2, 0.25) is 10.4 Å². The molecule has 0 aliphatic heterocycles. The van der Waals surface area contributed by atoms with E-state index in [0.29, 0.717) is 85.9 Å². The van der Waals surface area contributed by atoms with Gasteiger partial charge in [-0.15, -0.1) is 0 Å². The van der Waals surface area contributed by atoms with E-state index in [-0.39, 0.29) is 49.4 Å². The minimum Gasteiger partial charge on any atom is -0.726 e. The van der Waals surface area contributed by atoms with Crippen molar-refractivity contribution in [1.29, 1.82) is 0 Å². The molecule has 42 heavy (non-hydrogen) atoms. The molecule has 0 atom stereocenters. The van der Waals surface area contributed by atoms with Crippen LogP contribution in [0.25, 0.3) is 0 Å². The third kappa shape index (κ3) is 42.7. The Morgan fingerprint density at radius 3 is 0.905 bits per heavy atom. The van der Waals surface area contributed by atoms with Gasteiger partial charge in [0.05, 0.1) is 106 Å². The monoisotopic (exact) mass is 640 g/mol. The fourth-order valence-electron chi connectivity index (χ4n) is 3.53. The van der Waals surface area contributed by atoms with Gasteiger partial charge >= 0.3 is 29.6 Å². The molecular formula is C28H57NaO12S. The van der Waals surface area contributed by atoms with Gasteiger partial charge in [0, 0.05) is 6.61 Å². The summed E-state index contributed by atoms with van der Waals surface area (Å²) >= 11 is 0. The van der Waals surface area contributed by atoms with Gasteiger partial charge in [0.1, 0.15) is 0 Å². The smallest absolute Gasteiger partial charge is 0.726 e. The summed E-state index contributed by atoms with van der Waals surface area (Å²) in [6.45, 7) is 9.42. The molecular weight excluding hydrogens is 583 g/mol. The zero-order valence-corrected chi connectivity index (χ0v) is 29.2. The molecule has 0 fully saturated rings. The summed E-state index contributed by atoms with van der Waals surface area (Å²) in [5, 5.41) is 0. The van der Waals surface area contributed by atoms with Crippen molar-refractivity contribution in [2.75, 3.05) is 112 Å². The topological polar surface area (TPSA) is 140 Å². The molecule has 0 aliphatic carbocycles. The Labute approximate surface area is 277 Å². The number of rotatable bonds is 36. The van der Waals surface area contributed by atoms with E-state index in [9.17, 15) is 13.0 Å². The number of hydrogen-bond donors (Lipinski definition) is 0. The van der Waals surface area contributed by atoms with Crippen LogP contribution >= 0.6 is 0 Å². The summed E-state index contributed by atoms with van der Waals surface area (Å²) in [7, 11) is -4.66. The van der Waals surface area contributed by atoms with Crippen molar-refractivity contribution in [3.05, 3.63) is 0 Å². The van der Waals surface area contributed by atoms with E-state index in [2.05, 4.69) is 11.1 Å². The largest absolute Gasteiger partial charge is 1.00 e. The number of ether oxygens (including phenoxy) is 8. The summed E-state index contributed by atoms with van der Waals surface area (Å²) < 4.78 is 77.8. The molecule has 12 nitrogen and oxygen atoms in total. The number of hydrogen-bond acceptors (Lipinski definition) is 12. The van der Waals surface area contributed by atoms with E-state index >= 15 is 0 Å². The van der Waals surface area contributed by atoms with Crippen LogP contribution in [-0.2, 0) is 52.5 Å². The molecule has 0 bridgehead atoms. The van der Waals surface area contributed by atoms with Crippen LogP contribution in [0.3, 0.4) is 0 Å². The maximum absolute atomic E-state index is 10.2. The normalized spacial score (nSPS) is 11.7. The second-order valence-electron chi connectivity index (χ2n) is 9.31. The minimum atomic E-state index is -4.66. The third-order valence-electron chi connectivity index (χ3n) is 5.70. The van der Waals surface area contributed by atoms with Crippen LogP contribution in [0.15, 0.2) is 0 Å². The summed E-state index contributed by atoms with van der Waals surface area (Å²) in [4.78, 5) is 0. The van der Waals surface area contributed by atoms with Crippen LogP contribution in [-0.4, -0.2) is 125 Å². The van der Waals surface area contributed by atoms with Crippen molar-refractivity contribution in [3.8, 4) is 0 Å². The van der Waals surface area contributed by atoms with Crippen LogP contribution in [0, 0.1) is 0 Å².